The summed E-state index contributed by atoms with van der Waals surface area (Å²) in [5.41, 5.74) is 4.04. The Bertz CT molecular complexity index is 932. The molecule has 3 aromatic rings. The summed E-state index contributed by atoms with van der Waals surface area (Å²) in [5.74, 6) is 0. The third-order valence-corrected chi connectivity index (χ3v) is 5.26. The zero-order valence-electron chi connectivity index (χ0n) is 16.5. The van der Waals surface area contributed by atoms with Gasteiger partial charge in [-0.3, -0.25) is 0 Å². The van der Waals surface area contributed by atoms with Crippen LogP contribution in [0, 0.1) is 0 Å². The molecule has 0 bridgehead atoms. The lowest BCUT2D eigenvalue weighted by atomic mass is 10.0. The molecular formula is C23H30N2O2+2. The normalized spacial score (nSPS) is 12.6. The molecule has 0 aliphatic carbocycles. The molecule has 0 saturated carbocycles. The second kappa shape index (κ2) is 8.98. The van der Waals surface area contributed by atoms with Crippen molar-refractivity contribution in [1.29, 1.82) is 0 Å². The second-order valence-electron chi connectivity index (χ2n) is 7.47. The molecule has 1 atom stereocenters. The average molecular weight is 367 g/mol. The van der Waals surface area contributed by atoms with E-state index in [0.29, 0.717) is 11.6 Å². The summed E-state index contributed by atoms with van der Waals surface area (Å²) >= 11 is 0. The lowest BCUT2D eigenvalue weighted by Gasteiger charge is -2.20. The van der Waals surface area contributed by atoms with Gasteiger partial charge in [-0.1, -0.05) is 49.4 Å². The number of benzene rings is 2. The molecule has 27 heavy (non-hydrogen) atoms. The van der Waals surface area contributed by atoms with Crippen LogP contribution < -0.4 is 15.8 Å². The second-order valence-corrected chi connectivity index (χ2v) is 7.47. The Hall–Kier alpha value is -2.43. The van der Waals surface area contributed by atoms with Crippen molar-refractivity contribution >= 4 is 11.0 Å². The van der Waals surface area contributed by atoms with Crippen LogP contribution in [0.4, 0.5) is 0 Å². The molecule has 0 amide bonds. The number of fused-ring (bicyclic) bond motifs is 1. The first kappa shape index (κ1) is 19.3. The Morgan fingerprint density at radius 1 is 1.04 bits per heavy atom. The van der Waals surface area contributed by atoms with Crippen molar-refractivity contribution in [3.05, 3.63) is 81.7 Å². The molecule has 2 aromatic carbocycles. The van der Waals surface area contributed by atoms with Gasteiger partial charge >= 0.3 is 5.63 Å². The number of rotatable bonds is 8. The molecule has 1 aromatic heterocycles. The molecule has 3 rings (SSSR count). The van der Waals surface area contributed by atoms with Crippen molar-refractivity contribution < 1.29 is 14.6 Å². The topological polar surface area (TPSA) is 51.3 Å². The smallest absolute Gasteiger partial charge is 0.336 e. The molecular weight excluding hydrogens is 336 g/mol. The molecule has 3 N–H and O–H groups in total. The quantitative estimate of drug-likeness (QED) is 0.588. The minimum Gasteiger partial charge on any atom is -0.423 e. The van der Waals surface area contributed by atoms with Gasteiger partial charge in [0.1, 0.15) is 24.7 Å². The van der Waals surface area contributed by atoms with Crippen LogP contribution in [0.1, 0.15) is 23.6 Å². The molecule has 4 heteroatoms. The maximum Gasteiger partial charge on any atom is 0.336 e. The van der Waals surface area contributed by atoms with Crippen LogP contribution >= 0.6 is 0 Å². The number of hydrogen-bond acceptors (Lipinski definition) is 2. The zero-order chi connectivity index (χ0) is 19.2. The van der Waals surface area contributed by atoms with Gasteiger partial charge in [0.25, 0.3) is 0 Å². The standard InChI is InChI=1S/C23H28N2O2/c1-4-17-10-11-21-19(14-23(26)27-22(21)13-17)15-24-16-20(25(2)3)12-18-8-6-5-7-9-18/h5-11,13-14,20,24H,4,12,15-16H2,1-3H3/p+2/t20-/m1/s1. The van der Waals surface area contributed by atoms with Gasteiger partial charge in [0.05, 0.1) is 14.1 Å². The molecule has 0 saturated heterocycles. The van der Waals surface area contributed by atoms with Crippen molar-refractivity contribution in [3.8, 4) is 0 Å². The number of quaternary nitrogens is 2. The van der Waals surface area contributed by atoms with E-state index < -0.39 is 0 Å². The van der Waals surface area contributed by atoms with Gasteiger partial charge in [-0.2, -0.15) is 0 Å². The molecule has 0 aliphatic rings. The van der Waals surface area contributed by atoms with Crippen LogP contribution in [0.2, 0.25) is 0 Å². The van der Waals surface area contributed by atoms with Crippen LogP contribution in [0.3, 0.4) is 0 Å². The number of aryl methyl sites for hydroxylation is 1. The van der Waals surface area contributed by atoms with Crippen LogP contribution in [-0.4, -0.2) is 26.7 Å². The van der Waals surface area contributed by atoms with E-state index in [9.17, 15) is 4.79 Å². The van der Waals surface area contributed by atoms with E-state index in [0.717, 1.165) is 36.9 Å². The third-order valence-electron chi connectivity index (χ3n) is 5.26. The van der Waals surface area contributed by atoms with Crippen LogP contribution in [0.5, 0.6) is 0 Å². The van der Waals surface area contributed by atoms with E-state index >= 15 is 0 Å². The van der Waals surface area contributed by atoms with Crippen molar-refractivity contribution in [3.63, 3.8) is 0 Å². The highest BCUT2D eigenvalue weighted by atomic mass is 16.4. The molecule has 142 valence electrons. The summed E-state index contributed by atoms with van der Waals surface area (Å²) in [6.45, 7) is 3.89. The Labute approximate surface area is 160 Å². The summed E-state index contributed by atoms with van der Waals surface area (Å²) in [5, 5.41) is 3.35. The fourth-order valence-corrected chi connectivity index (χ4v) is 3.52. The Morgan fingerprint density at radius 3 is 2.52 bits per heavy atom. The number of likely N-dealkylation sites (N-methyl/N-ethyl adjacent to an activating group) is 1. The number of nitrogens with one attached hydrogen (secondary N) is 1. The Balaban J connectivity index is 1.71. The maximum atomic E-state index is 12.0. The first-order valence-corrected chi connectivity index (χ1v) is 9.78. The highest BCUT2D eigenvalue weighted by Gasteiger charge is 2.18. The highest BCUT2D eigenvalue weighted by molar-refractivity contribution is 5.80. The van der Waals surface area contributed by atoms with Gasteiger partial charge in [-0.15, -0.1) is 0 Å². The highest BCUT2D eigenvalue weighted by Crippen LogP contribution is 2.18. The van der Waals surface area contributed by atoms with Crippen LogP contribution in [0.25, 0.3) is 11.0 Å². The molecule has 0 aliphatic heterocycles. The summed E-state index contributed by atoms with van der Waals surface area (Å²) < 4.78 is 5.42. The summed E-state index contributed by atoms with van der Waals surface area (Å²) in [7, 11) is 4.42. The Kier molecular flexibility index (Phi) is 6.43. The lowest BCUT2D eigenvalue weighted by Crippen LogP contribution is -3.14. The molecule has 1 heterocycles. The Morgan fingerprint density at radius 2 is 1.81 bits per heavy atom. The van der Waals surface area contributed by atoms with E-state index in [1.807, 2.05) is 6.07 Å². The van der Waals surface area contributed by atoms with Crippen molar-refractivity contribution in [2.24, 2.45) is 0 Å². The van der Waals surface area contributed by atoms with Gasteiger partial charge in [0, 0.05) is 23.4 Å². The first-order chi connectivity index (χ1) is 13.1. The molecule has 0 unspecified atom stereocenters. The molecule has 4 nitrogen and oxygen atoms in total. The van der Waals surface area contributed by atoms with Gasteiger partial charge in [0.15, 0.2) is 0 Å². The molecule has 0 fully saturated rings. The number of nitrogens with two attached hydrogens (primary N) is 1. The average Bonchev–Trinajstić information content (AvgIpc) is 2.67. The predicted octanol–water partition coefficient (Wildman–Crippen LogP) is 1.17. The largest absolute Gasteiger partial charge is 0.423 e. The summed E-state index contributed by atoms with van der Waals surface area (Å²) in [6.07, 6.45) is 1.99. The molecule has 0 radical (unpaired) electrons. The van der Waals surface area contributed by atoms with E-state index in [1.165, 1.54) is 16.0 Å². The van der Waals surface area contributed by atoms with E-state index in [2.05, 4.69) is 68.8 Å². The van der Waals surface area contributed by atoms with E-state index in [1.54, 1.807) is 6.07 Å². The SMILES string of the molecule is CCc1ccc2c(C[NH2+]C[C@@H](Cc3ccccc3)[NH+](C)C)cc(=O)oc2c1. The zero-order valence-corrected chi connectivity index (χ0v) is 16.5. The third kappa shape index (κ3) is 5.06. The van der Waals surface area contributed by atoms with Gasteiger partial charge in [-0.25, -0.2) is 4.79 Å². The van der Waals surface area contributed by atoms with E-state index in [-0.39, 0.29) is 5.63 Å². The lowest BCUT2D eigenvalue weighted by molar-refractivity contribution is -0.903. The van der Waals surface area contributed by atoms with Gasteiger partial charge < -0.3 is 14.6 Å². The summed E-state index contributed by atoms with van der Waals surface area (Å²) in [6, 6.07) is 19.0. The molecule has 0 spiro atoms. The monoisotopic (exact) mass is 366 g/mol. The van der Waals surface area contributed by atoms with Gasteiger partial charge in [0.2, 0.25) is 0 Å². The van der Waals surface area contributed by atoms with Crippen molar-refractivity contribution in [2.45, 2.75) is 32.4 Å². The van der Waals surface area contributed by atoms with Gasteiger partial charge in [-0.05, 0) is 23.6 Å². The fourth-order valence-electron chi connectivity index (χ4n) is 3.52. The number of hydrogen-bond donors (Lipinski definition) is 2. The van der Waals surface area contributed by atoms with E-state index in [4.69, 9.17) is 4.42 Å². The van der Waals surface area contributed by atoms with Crippen molar-refractivity contribution in [2.75, 3.05) is 20.6 Å². The minimum atomic E-state index is -0.266. The summed E-state index contributed by atoms with van der Waals surface area (Å²) in [4.78, 5) is 13.4. The van der Waals surface area contributed by atoms with Crippen molar-refractivity contribution in [1.82, 2.24) is 0 Å². The van der Waals surface area contributed by atoms with Crippen LogP contribution in [-0.2, 0) is 19.4 Å². The fraction of sp³-hybridized carbons (Fsp3) is 0.348. The minimum absolute atomic E-state index is 0.266. The first-order valence-electron chi connectivity index (χ1n) is 9.78. The van der Waals surface area contributed by atoms with Crippen LogP contribution in [0.15, 0.2) is 63.8 Å². The maximum absolute atomic E-state index is 12.0. The predicted molar refractivity (Wildman–Crippen MR) is 109 cm³/mol.